The Balaban J connectivity index is 1.42. The summed E-state index contributed by atoms with van der Waals surface area (Å²) in [4.78, 5) is 11.3. The van der Waals surface area contributed by atoms with E-state index in [9.17, 15) is 4.55 Å². The zero-order valence-corrected chi connectivity index (χ0v) is 20.2. The minimum absolute atomic E-state index is 0.114. The molecule has 0 bridgehead atoms. The van der Waals surface area contributed by atoms with E-state index in [2.05, 4.69) is 41.6 Å². The fourth-order valence-corrected chi connectivity index (χ4v) is 5.72. The van der Waals surface area contributed by atoms with Gasteiger partial charge in [0.2, 0.25) is 5.95 Å². The standard InChI is InChI=1S/C22H26BrN5O2S/c1-21(2,3)31(29)26-18-15-6-4-5-7-17(15)30-22(18)8-11-27(12-9-22)20-25-14-16(23)19-24-10-13-28(19)20/h4-7,10,13-14,18,26H,8-9,11-12H2,1-3H3/t18-,31?/m1/s1. The van der Waals surface area contributed by atoms with E-state index in [1.54, 1.807) is 12.4 Å². The van der Waals surface area contributed by atoms with E-state index >= 15 is 0 Å². The third-order valence-electron chi connectivity index (χ3n) is 6.11. The number of benzene rings is 1. The fourth-order valence-electron chi connectivity index (χ4n) is 4.41. The number of fused-ring (bicyclic) bond motifs is 2. The largest absolute Gasteiger partial charge is 0.598 e. The summed E-state index contributed by atoms with van der Waals surface area (Å²) in [5.41, 5.74) is 1.52. The molecule has 1 fully saturated rings. The van der Waals surface area contributed by atoms with Crippen molar-refractivity contribution in [2.24, 2.45) is 0 Å². The van der Waals surface area contributed by atoms with Gasteiger partial charge in [0.25, 0.3) is 0 Å². The van der Waals surface area contributed by atoms with Crippen LogP contribution in [0.4, 0.5) is 5.95 Å². The molecule has 5 rings (SSSR count). The fraction of sp³-hybridized carbons (Fsp3) is 0.455. The quantitative estimate of drug-likeness (QED) is 0.543. The Labute approximate surface area is 193 Å². The Kier molecular flexibility index (Phi) is 5.20. The highest BCUT2D eigenvalue weighted by molar-refractivity contribution is 9.10. The van der Waals surface area contributed by atoms with E-state index in [4.69, 9.17) is 4.74 Å². The monoisotopic (exact) mass is 503 g/mol. The van der Waals surface area contributed by atoms with Crippen molar-refractivity contribution in [1.82, 2.24) is 19.1 Å². The van der Waals surface area contributed by atoms with Gasteiger partial charge in [-0.3, -0.25) is 4.40 Å². The summed E-state index contributed by atoms with van der Waals surface area (Å²) in [6.45, 7) is 7.54. The number of imidazole rings is 1. The normalized spacial score (nSPS) is 21.3. The second-order valence-corrected chi connectivity index (χ2v) is 12.0. The van der Waals surface area contributed by atoms with Gasteiger partial charge in [0.05, 0.1) is 4.47 Å². The predicted octanol–water partition coefficient (Wildman–Crippen LogP) is 4.02. The van der Waals surface area contributed by atoms with Gasteiger partial charge in [-0.25, -0.2) is 9.97 Å². The Bertz CT molecular complexity index is 1110. The number of rotatable bonds is 3. The van der Waals surface area contributed by atoms with Crippen molar-refractivity contribution in [3.63, 3.8) is 0 Å². The van der Waals surface area contributed by atoms with Crippen LogP contribution in [0.25, 0.3) is 5.65 Å². The van der Waals surface area contributed by atoms with Crippen molar-refractivity contribution in [2.45, 2.75) is 50.0 Å². The molecule has 1 aromatic carbocycles. The number of hydrogen-bond donors (Lipinski definition) is 1. The molecule has 0 aliphatic carbocycles. The summed E-state index contributed by atoms with van der Waals surface area (Å²) in [7, 11) is 0. The highest BCUT2D eigenvalue weighted by Crippen LogP contribution is 2.49. The van der Waals surface area contributed by atoms with Crippen LogP contribution in [-0.4, -0.2) is 42.4 Å². The molecule has 1 N–H and O–H groups in total. The third-order valence-corrected chi connectivity index (χ3v) is 8.23. The number of hydrogen-bond acceptors (Lipinski definition) is 6. The molecule has 2 atom stereocenters. The summed E-state index contributed by atoms with van der Waals surface area (Å²) in [5, 5.41) is 0. The molecule has 164 valence electrons. The van der Waals surface area contributed by atoms with Crippen molar-refractivity contribution < 1.29 is 9.29 Å². The van der Waals surface area contributed by atoms with Gasteiger partial charge in [-0.1, -0.05) is 18.2 Å². The van der Waals surface area contributed by atoms with Gasteiger partial charge in [-0.2, -0.15) is 0 Å². The van der Waals surface area contributed by atoms with E-state index in [1.807, 2.05) is 49.6 Å². The summed E-state index contributed by atoms with van der Waals surface area (Å²) < 4.78 is 25.5. The van der Waals surface area contributed by atoms with E-state index in [0.717, 1.165) is 53.3 Å². The lowest BCUT2D eigenvalue weighted by molar-refractivity contribution is 0.0377. The van der Waals surface area contributed by atoms with Crippen LogP contribution < -0.4 is 14.4 Å². The van der Waals surface area contributed by atoms with Crippen LogP contribution in [0.3, 0.4) is 0 Å². The van der Waals surface area contributed by atoms with E-state index in [0.29, 0.717) is 0 Å². The number of nitrogens with zero attached hydrogens (tertiary/aromatic N) is 4. The van der Waals surface area contributed by atoms with Gasteiger partial charge in [-0.15, -0.1) is 4.72 Å². The summed E-state index contributed by atoms with van der Waals surface area (Å²) in [6, 6.07) is 7.99. The Morgan fingerprint density at radius 3 is 2.71 bits per heavy atom. The number of nitrogens with one attached hydrogen (secondary N) is 1. The van der Waals surface area contributed by atoms with E-state index < -0.39 is 17.0 Å². The van der Waals surface area contributed by atoms with Crippen molar-refractivity contribution in [3.05, 3.63) is 52.9 Å². The maximum atomic E-state index is 13.0. The number of para-hydroxylation sites is 1. The molecule has 9 heteroatoms. The van der Waals surface area contributed by atoms with Crippen molar-refractivity contribution in [2.75, 3.05) is 18.0 Å². The smallest absolute Gasteiger partial charge is 0.211 e. The van der Waals surface area contributed by atoms with Crippen molar-refractivity contribution in [3.8, 4) is 5.75 Å². The lowest BCUT2D eigenvalue weighted by Gasteiger charge is -2.42. The first-order valence-corrected chi connectivity index (χ1v) is 12.4. The molecule has 31 heavy (non-hydrogen) atoms. The molecule has 1 unspecified atom stereocenters. The zero-order chi connectivity index (χ0) is 21.8. The molecular formula is C22H26BrN5O2S. The van der Waals surface area contributed by atoms with Crippen molar-refractivity contribution >= 4 is 38.9 Å². The molecule has 4 heterocycles. The molecule has 3 aromatic rings. The number of piperidine rings is 1. The highest BCUT2D eigenvalue weighted by atomic mass is 79.9. The third kappa shape index (κ3) is 3.61. The predicted molar refractivity (Wildman–Crippen MR) is 126 cm³/mol. The van der Waals surface area contributed by atoms with Crippen molar-refractivity contribution in [1.29, 1.82) is 0 Å². The van der Waals surface area contributed by atoms with Gasteiger partial charge in [0, 0.05) is 61.4 Å². The lowest BCUT2D eigenvalue weighted by Crippen LogP contribution is -2.55. The van der Waals surface area contributed by atoms with Gasteiger partial charge < -0.3 is 14.2 Å². The molecule has 0 amide bonds. The van der Waals surface area contributed by atoms with Gasteiger partial charge in [-0.05, 0) is 42.8 Å². The second kappa shape index (κ2) is 7.65. The number of anilines is 1. The summed E-state index contributed by atoms with van der Waals surface area (Å²) in [6.07, 6.45) is 7.13. The average molecular weight is 504 g/mol. The lowest BCUT2D eigenvalue weighted by atomic mass is 9.83. The van der Waals surface area contributed by atoms with Crippen LogP contribution in [0.1, 0.15) is 45.2 Å². The van der Waals surface area contributed by atoms with Gasteiger partial charge >= 0.3 is 0 Å². The van der Waals surface area contributed by atoms with E-state index in [-0.39, 0.29) is 10.8 Å². The topological polar surface area (TPSA) is 77.8 Å². The number of halogens is 1. The van der Waals surface area contributed by atoms with Gasteiger partial charge in [0.1, 0.15) is 22.1 Å². The molecule has 1 spiro atoms. The Morgan fingerprint density at radius 2 is 1.97 bits per heavy atom. The maximum Gasteiger partial charge on any atom is 0.211 e. The molecule has 2 aliphatic heterocycles. The molecule has 1 saturated heterocycles. The molecule has 7 nitrogen and oxygen atoms in total. The molecule has 0 radical (unpaired) electrons. The van der Waals surface area contributed by atoms with Crippen LogP contribution >= 0.6 is 15.9 Å². The first-order valence-electron chi connectivity index (χ1n) is 10.5. The summed E-state index contributed by atoms with van der Waals surface area (Å²) >= 11 is 2.33. The first kappa shape index (κ1) is 21.1. The van der Waals surface area contributed by atoms with Crippen LogP contribution in [0.5, 0.6) is 5.75 Å². The maximum absolute atomic E-state index is 13.0. The first-order chi connectivity index (χ1) is 14.8. The van der Waals surface area contributed by atoms with Gasteiger partial charge in [0.15, 0.2) is 5.65 Å². The van der Waals surface area contributed by atoms with Crippen LogP contribution in [0.15, 0.2) is 47.3 Å². The Hall–Kier alpha value is -1.81. The number of aromatic nitrogens is 3. The molecular weight excluding hydrogens is 478 g/mol. The Morgan fingerprint density at radius 1 is 1.23 bits per heavy atom. The zero-order valence-electron chi connectivity index (χ0n) is 17.8. The molecule has 2 aromatic heterocycles. The minimum atomic E-state index is -1.20. The minimum Gasteiger partial charge on any atom is -0.598 e. The highest BCUT2D eigenvalue weighted by Gasteiger charge is 2.53. The van der Waals surface area contributed by atoms with Crippen LogP contribution in [0.2, 0.25) is 0 Å². The average Bonchev–Trinajstić information content (AvgIpc) is 3.33. The second-order valence-electron chi connectivity index (χ2n) is 9.15. The SMILES string of the molecule is CC(C)(C)[S+]([O-])N[C@@H]1c2ccccc2OC12CCN(c1ncc(Br)c3nccn13)CC2. The van der Waals surface area contributed by atoms with Crippen LogP contribution in [0, 0.1) is 0 Å². The molecule has 2 aliphatic rings. The van der Waals surface area contributed by atoms with Crippen LogP contribution in [-0.2, 0) is 11.4 Å². The molecule has 0 saturated carbocycles. The summed E-state index contributed by atoms with van der Waals surface area (Å²) in [5.74, 6) is 1.77. The van der Waals surface area contributed by atoms with E-state index in [1.165, 1.54) is 0 Å². The number of ether oxygens (including phenoxy) is 1.